The Morgan fingerprint density at radius 2 is 1.73 bits per heavy atom. The molecular formula is C21H18N2O3. The van der Waals surface area contributed by atoms with Crippen LogP contribution in [0.5, 0.6) is 5.75 Å². The van der Waals surface area contributed by atoms with Crippen molar-refractivity contribution in [1.82, 2.24) is 0 Å². The third-order valence-corrected chi connectivity index (χ3v) is 4.61. The van der Waals surface area contributed by atoms with Crippen LogP contribution in [0.3, 0.4) is 0 Å². The molecule has 0 bridgehead atoms. The van der Waals surface area contributed by atoms with E-state index in [2.05, 4.69) is 0 Å². The monoisotopic (exact) mass is 346 g/mol. The highest BCUT2D eigenvalue weighted by molar-refractivity contribution is 6.00. The molecule has 0 unspecified atom stereocenters. The molecule has 1 heterocycles. The quantitative estimate of drug-likeness (QED) is 0.792. The van der Waals surface area contributed by atoms with Crippen molar-refractivity contribution in [3.8, 4) is 5.75 Å². The van der Waals surface area contributed by atoms with Gasteiger partial charge in [0.25, 0.3) is 5.91 Å². The van der Waals surface area contributed by atoms with E-state index in [1.54, 1.807) is 17.0 Å². The normalized spacial score (nSPS) is 16.0. The lowest BCUT2D eigenvalue weighted by atomic mass is 10.0. The van der Waals surface area contributed by atoms with Crippen LogP contribution in [0.4, 0.5) is 5.69 Å². The van der Waals surface area contributed by atoms with Crippen molar-refractivity contribution in [3.05, 3.63) is 72.3 Å². The fourth-order valence-electron chi connectivity index (χ4n) is 3.32. The Morgan fingerprint density at radius 3 is 2.58 bits per heavy atom. The van der Waals surface area contributed by atoms with Gasteiger partial charge in [-0.1, -0.05) is 54.6 Å². The van der Waals surface area contributed by atoms with E-state index in [-0.39, 0.29) is 18.9 Å². The smallest absolute Gasteiger partial charge is 0.260 e. The van der Waals surface area contributed by atoms with E-state index in [1.807, 2.05) is 54.6 Å². The lowest BCUT2D eigenvalue weighted by molar-refractivity contribution is -0.125. The highest BCUT2D eigenvalue weighted by Gasteiger charge is 2.32. The van der Waals surface area contributed by atoms with Gasteiger partial charge in [-0.25, -0.2) is 0 Å². The molecule has 0 fully saturated rings. The predicted octanol–water partition coefficient (Wildman–Crippen LogP) is 2.66. The molecule has 0 aliphatic carbocycles. The highest BCUT2D eigenvalue weighted by Crippen LogP contribution is 2.33. The van der Waals surface area contributed by atoms with Gasteiger partial charge in [-0.15, -0.1) is 0 Å². The number of nitrogens with zero attached hydrogens (tertiary/aromatic N) is 1. The summed E-state index contributed by atoms with van der Waals surface area (Å²) in [5.41, 5.74) is 7.03. The molecule has 26 heavy (non-hydrogen) atoms. The summed E-state index contributed by atoms with van der Waals surface area (Å²) in [6, 6.07) is 21.1. The van der Waals surface area contributed by atoms with Gasteiger partial charge in [-0.2, -0.15) is 0 Å². The molecule has 0 spiro atoms. The van der Waals surface area contributed by atoms with Gasteiger partial charge in [0, 0.05) is 0 Å². The number of carbonyl (C=O) groups excluding carboxylic acids is 2. The van der Waals surface area contributed by atoms with Crippen LogP contribution in [0.1, 0.15) is 5.56 Å². The van der Waals surface area contributed by atoms with E-state index >= 15 is 0 Å². The SMILES string of the molecule is NC(=O)[C@@H]1CN(C(=O)Cc2cccc3ccccc23)c2ccccc2O1. The molecule has 0 aromatic heterocycles. The number of para-hydroxylation sites is 2. The Balaban J connectivity index is 1.68. The molecule has 1 aliphatic heterocycles. The minimum atomic E-state index is -0.846. The van der Waals surface area contributed by atoms with Gasteiger partial charge in [-0.05, 0) is 28.5 Å². The van der Waals surface area contributed by atoms with E-state index < -0.39 is 12.0 Å². The van der Waals surface area contributed by atoms with Gasteiger partial charge in [0.15, 0.2) is 6.10 Å². The number of anilines is 1. The first kappa shape index (κ1) is 16.1. The Kier molecular flexibility index (Phi) is 4.05. The largest absolute Gasteiger partial charge is 0.477 e. The fourth-order valence-corrected chi connectivity index (χ4v) is 3.32. The summed E-state index contributed by atoms with van der Waals surface area (Å²) in [5, 5.41) is 2.14. The number of primary amides is 1. The summed E-state index contributed by atoms with van der Waals surface area (Å²) in [4.78, 5) is 26.3. The highest BCUT2D eigenvalue weighted by atomic mass is 16.5. The zero-order valence-electron chi connectivity index (χ0n) is 14.1. The average molecular weight is 346 g/mol. The molecule has 4 rings (SSSR count). The van der Waals surface area contributed by atoms with Crippen LogP contribution in [0.25, 0.3) is 10.8 Å². The van der Waals surface area contributed by atoms with Crippen molar-refractivity contribution < 1.29 is 14.3 Å². The Bertz CT molecular complexity index is 994. The summed E-state index contributed by atoms with van der Waals surface area (Å²) in [7, 11) is 0. The molecule has 2 N–H and O–H groups in total. The van der Waals surface area contributed by atoms with Crippen LogP contribution < -0.4 is 15.4 Å². The zero-order valence-corrected chi connectivity index (χ0v) is 14.1. The Labute approximate surface area is 151 Å². The maximum atomic E-state index is 13.1. The first-order chi connectivity index (χ1) is 12.6. The number of nitrogens with two attached hydrogens (primary N) is 1. The molecule has 0 saturated heterocycles. The summed E-state index contributed by atoms with van der Waals surface area (Å²) >= 11 is 0. The molecule has 0 saturated carbocycles. The number of rotatable bonds is 3. The summed E-state index contributed by atoms with van der Waals surface area (Å²) in [6.07, 6.45) is -0.609. The zero-order chi connectivity index (χ0) is 18.1. The van der Waals surface area contributed by atoms with Gasteiger partial charge < -0.3 is 15.4 Å². The van der Waals surface area contributed by atoms with E-state index in [0.717, 1.165) is 16.3 Å². The first-order valence-electron chi connectivity index (χ1n) is 8.45. The number of hydrogen-bond donors (Lipinski definition) is 1. The fraction of sp³-hybridized carbons (Fsp3) is 0.143. The van der Waals surface area contributed by atoms with E-state index in [9.17, 15) is 9.59 Å². The molecule has 130 valence electrons. The van der Waals surface area contributed by atoms with Gasteiger partial charge in [-0.3, -0.25) is 9.59 Å². The predicted molar refractivity (Wildman–Crippen MR) is 100 cm³/mol. The Morgan fingerprint density at radius 1 is 1.00 bits per heavy atom. The van der Waals surface area contributed by atoms with Crippen LogP contribution >= 0.6 is 0 Å². The number of hydrogen-bond acceptors (Lipinski definition) is 3. The second kappa shape index (κ2) is 6.52. The van der Waals surface area contributed by atoms with Crippen LogP contribution in [0.15, 0.2) is 66.7 Å². The number of ether oxygens (including phenoxy) is 1. The van der Waals surface area contributed by atoms with Crippen molar-refractivity contribution in [3.63, 3.8) is 0 Å². The first-order valence-corrected chi connectivity index (χ1v) is 8.45. The van der Waals surface area contributed by atoms with Gasteiger partial charge in [0.1, 0.15) is 5.75 Å². The van der Waals surface area contributed by atoms with Crippen LogP contribution in [0, 0.1) is 0 Å². The lowest BCUT2D eigenvalue weighted by Gasteiger charge is -2.33. The number of fused-ring (bicyclic) bond motifs is 2. The maximum absolute atomic E-state index is 13.1. The maximum Gasteiger partial charge on any atom is 0.260 e. The number of amides is 2. The molecule has 2 amide bonds. The van der Waals surface area contributed by atoms with Crippen LogP contribution in [-0.4, -0.2) is 24.5 Å². The number of benzene rings is 3. The lowest BCUT2D eigenvalue weighted by Crippen LogP contribution is -2.49. The molecule has 0 radical (unpaired) electrons. The van der Waals surface area contributed by atoms with Gasteiger partial charge in [0.05, 0.1) is 18.7 Å². The standard InChI is InChI=1S/C21H18N2O3/c22-21(25)19-13-23(17-10-3-4-11-18(17)26-19)20(24)12-15-8-5-7-14-6-1-2-9-16(14)15/h1-11,19H,12-13H2,(H2,22,25)/t19-/m0/s1. The van der Waals surface area contributed by atoms with E-state index in [1.165, 1.54) is 0 Å². The van der Waals surface area contributed by atoms with E-state index in [0.29, 0.717) is 11.4 Å². The minimum absolute atomic E-state index is 0.0941. The van der Waals surface area contributed by atoms with Gasteiger partial charge in [0.2, 0.25) is 5.91 Å². The van der Waals surface area contributed by atoms with Crippen molar-refractivity contribution in [2.24, 2.45) is 5.73 Å². The van der Waals surface area contributed by atoms with Crippen molar-refractivity contribution in [2.75, 3.05) is 11.4 Å². The van der Waals surface area contributed by atoms with Crippen LogP contribution in [-0.2, 0) is 16.0 Å². The molecule has 1 aliphatic rings. The van der Waals surface area contributed by atoms with Gasteiger partial charge >= 0.3 is 0 Å². The minimum Gasteiger partial charge on any atom is -0.477 e. The van der Waals surface area contributed by atoms with Crippen molar-refractivity contribution in [1.29, 1.82) is 0 Å². The molecule has 1 atom stereocenters. The van der Waals surface area contributed by atoms with E-state index in [4.69, 9.17) is 10.5 Å². The molecular weight excluding hydrogens is 328 g/mol. The third-order valence-electron chi connectivity index (χ3n) is 4.61. The summed E-state index contributed by atoms with van der Waals surface area (Å²) < 4.78 is 5.63. The molecule has 5 heteroatoms. The molecule has 3 aromatic rings. The summed E-state index contributed by atoms with van der Waals surface area (Å²) in [6.45, 7) is 0.121. The molecule has 3 aromatic carbocycles. The molecule has 5 nitrogen and oxygen atoms in total. The van der Waals surface area contributed by atoms with Crippen molar-refractivity contribution >= 4 is 28.3 Å². The topological polar surface area (TPSA) is 72.6 Å². The second-order valence-corrected chi connectivity index (χ2v) is 6.30. The second-order valence-electron chi connectivity index (χ2n) is 6.30. The third kappa shape index (κ3) is 2.88. The summed E-state index contributed by atoms with van der Waals surface area (Å²) in [5.74, 6) is -0.181. The average Bonchev–Trinajstić information content (AvgIpc) is 2.67. The van der Waals surface area contributed by atoms with Crippen molar-refractivity contribution in [2.45, 2.75) is 12.5 Å². The van der Waals surface area contributed by atoms with Crippen LogP contribution in [0.2, 0.25) is 0 Å². The number of carbonyl (C=O) groups is 2. The Hall–Kier alpha value is -3.34.